The van der Waals surface area contributed by atoms with Crippen LogP contribution in [0.4, 0.5) is 0 Å². The van der Waals surface area contributed by atoms with Crippen LogP contribution in [0.5, 0.6) is 0 Å². The fourth-order valence-corrected chi connectivity index (χ4v) is 8.15. The molecule has 9 heteroatoms. The number of aliphatic hydroxyl groups is 5. The zero-order chi connectivity index (χ0) is 46.6. The van der Waals surface area contributed by atoms with E-state index < -0.39 is 49.5 Å². The van der Waals surface area contributed by atoms with E-state index in [2.05, 4.69) is 67.8 Å². The maximum Gasteiger partial charge on any atom is 0.220 e. The topological polar surface area (TPSA) is 149 Å². The van der Waals surface area contributed by atoms with Gasteiger partial charge in [-0.05, 0) is 57.8 Å². The summed E-state index contributed by atoms with van der Waals surface area (Å²) >= 11 is 0. The monoisotopic (exact) mass is 902 g/mol. The van der Waals surface area contributed by atoms with Crippen LogP contribution in [-0.4, -0.2) is 87.5 Å². The Morgan fingerprint density at radius 3 is 1.44 bits per heavy atom. The standard InChI is InChI=1S/C55H99NO8/c1-3-5-7-9-11-13-15-17-19-20-21-22-23-24-25-26-27-28-29-30-31-33-35-37-39-41-43-45-51(59)56-48(47-63-55-54(62)53(61)52(60)50(46-57)64-55)49(58)44-42-40-38-36-34-32-18-16-14-12-10-8-6-4-2/h5,7,11,13,17,19,21-22,42,44,48-50,52-55,57-58,60-62H,3-4,6,8-10,12,14-16,18,20,23-41,43,45-47H2,1-2H3,(H,56,59)/b7-5-,13-11-,19-17-,22-21-,44-42+. The number of hydrogen-bond acceptors (Lipinski definition) is 8. The molecule has 0 aromatic heterocycles. The molecule has 0 spiro atoms. The van der Waals surface area contributed by atoms with Crippen molar-refractivity contribution in [1.29, 1.82) is 0 Å². The minimum absolute atomic E-state index is 0.179. The van der Waals surface area contributed by atoms with E-state index in [1.165, 1.54) is 141 Å². The molecule has 9 nitrogen and oxygen atoms in total. The normalized spacial score (nSPS) is 20.5. The summed E-state index contributed by atoms with van der Waals surface area (Å²) in [5.74, 6) is -0.179. The highest BCUT2D eigenvalue weighted by Crippen LogP contribution is 2.23. The van der Waals surface area contributed by atoms with E-state index in [9.17, 15) is 30.3 Å². The molecule has 1 rings (SSSR count). The molecule has 1 fully saturated rings. The molecule has 7 unspecified atom stereocenters. The highest BCUT2D eigenvalue weighted by atomic mass is 16.7. The smallest absolute Gasteiger partial charge is 0.220 e. The van der Waals surface area contributed by atoms with Crippen LogP contribution < -0.4 is 5.32 Å². The molecule has 0 aromatic carbocycles. The first kappa shape index (κ1) is 59.9. The Bertz CT molecular complexity index is 1180. The number of ether oxygens (including phenoxy) is 2. The van der Waals surface area contributed by atoms with Gasteiger partial charge in [-0.3, -0.25) is 4.79 Å². The SMILES string of the molecule is CC/C=C\C/C=C\C/C=C\C/C=C\CCCCCCCCCCCCCCCCC(=O)NC(COC1OC(CO)C(O)C(O)C1O)C(O)/C=C/CCCCCCCCCCCCCC. The molecule has 1 aliphatic rings. The Labute approximate surface area is 392 Å². The fraction of sp³-hybridized carbons (Fsp3) is 0.800. The summed E-state index contributed by atoms with van der Waals surface area (Å²) in [4.78, 5) is 13.0. The Morgan fingerprint density at radius 1 is 0.547 bits per heavy atom. The van der Waals surface area contributed by atoms with Gasteiger partial charge >= 0.3 is 0 Å². The van der Waals surface area contributed by atoms with Crippen LogP contribution in [0.3, 0.4) is 0 Å². The molecule has 0 saturated carbocycles. The van der Waals surface area contributed by atoms with Gasteiger partial charge in [0.25, 0.3) is 0 Å². The van der Waals surface area contributed by atoms with Gasteiger partial charge in [0.1, 0.15) is 24.4 Å². The quantitative estimate of drug-likeness (QED) is 0.0262. The second-order valence-electron chi connectivity index (χ2n) is 18.3. The van der Waals surface area contributed by atoms with E-state index >= 15 is 0 Å². The van der Waals surface area contributed by atoms with Crippen molar-refractivity contribution in [2.24, 2.45) is 0 Å². The zero-order valence-corrected chi connectivity index (χ0v) is 41.0. The van der Waals surface area contributed by atoms with Crippen LogP contribution in [0.2, 0.25) is 0 Å². The van der Waals surface area contributed by atoms with E-state index in [-0.39, 0.29) is 12.5 Å². The number of nitrogens with one attached hydrogen (secondary N) is 1. The average Bonchev–Trinajstić information content (AvgIpc) is 3.29. The summed E-state index contributed by atoms with van der Waals surface area (Å²) in [6.07, 6.45) is 52.7. The van der Waals surface area contributed by atoms with Gasteiger partial charge < -0.3 is 40.3 Å². The Morgan fingerprint density at radius 2 is 0.969 bits per heavy atom. The molecule has 1 saturated heterocycles. The van der Waals surface area contributed by atoms with Crippen LogP contribution in [0, 0.1) is 0 Å². The molecular formula is C55H99NO8. The lowest BCUT2D eigenvalue weighted by Gasteiger charge is -2.40. The molecule has 0 aromatic rings. The van der Waals surface area contributed by atoms with Crippen LogP contribution in [-0.2, 0) is 14.3 Å². The van der Waals surface area contributed by atoms with Gasteiger partial charge in [0.15, 0.2) is 6.29 Å². The molecule has 1 aliphatic heterocycles. The van der Waals surface area contributed by atoms with Crippen LogP contribution in [0.1, 0.15) is 226 Å². The predicted molar refractivity (Wildman–Crippen MR) is 267 cm³/mol. The highest BCUT2D eigenvalue weighted by Gasteiger charge is 2.44. The summed E-state index contributed by atoms with van der Waals surface area (Å²) in [5.41, 5.74) is 0. The zero-order valence-electron chi connectivity index (χ0n) is 41.0. The number of allylic oxidation sites excluding steroid dienone is 9. The molecule has 372 valence electrons. The number of carbonyl (C=O) groups is 1. The Kier molecular flexibility index (Phi) is 41.9. The van der Waals surface area contributed by atoms with Crippen molar-refractivity contribution in [3.63, 3.8) is 0 Å². The highest BCUT2D eigenvalue weighted by molar-refractivity contribution is 5.76. The lowest BCUT2D eigenvalue weighted by Crippen LogP contribution is -2.60. The summed E-state index contributed by atoms with van der Waals surface area (Å²) < 4.78 is 11.2. The Hall–Kier alpha value is -2.11. The maximum absolute atomic E-state index is 13.0. The molecule has 7 atom stereocenters. The lowest BCUT2D eigenvalue weighted by molar-refractivity contribution is -0.302. The van der Waals surface area contributed by atoms with Gasteiger partial charge in [-0.25, -0.2) is 0 Å². The van der Waals surface area contributed by atoms with E-state index in [0.29, 0.717) is 6.42 Å². The van der Waals surface area contributed by atoms with Crippen LogP contribution >= 0.6 is 0 Å². The number of carbonyl (C=O) groups excluding carboxylic acids is 1. The molecule has 1 amide bonds. The first-order valence-corrected chi connectivity index (χ1v) is 26.5. The number of unbranched alkanes of at least 4 members (excludes halogenated alkanes) is 26. The van der Waals surface area contributed by atoms with Crippen molar-refractivity contribution in [2.45, 2.75) is 269 Å². The van der Waals surface area contributed by atoms with Gasteiger partial charge in [0, 0.05) is 6.42 Å². The van der Waals surface area contributed by atoms with E-state index in [1.807, 2.05) is 6.08 Å². The summed E-state index contributed by atoms with van der Waals surface area (Å²) in [6.45, 7) is 3.66. The van der Waals surface area contributed by atoms with Gasteiger partial charge in [-0.2, -0.15) is 0 Å². The second-order valence-corrected chi connectivity index (χ2v) is 18.3. The van der Waals surface area contributed by atoms with E-state index in [0.717, 1.165) is 64.2 Å². The molecule has 1 heterocycles. The lowest BCUT2D eigenvalue weighted by atomic mass is 9.99. The van der Waals surface area contributed by atoms with Gasteiger partial charge in [0.05, 0.1) is 25.4 Å². The summed E-state index contributed by atoms with van der Waals surface area (Å²) in [7, 11) is 0. The minimum atomic E-state index is -1.57. The third kappa shape index (κ3) is 34.2. The van der Waals surface area contributed by atoms with Crippen molar-refractivity contribution in [2.75, 3.05) is 13.2 Å². The van der Waals surface area contributed by atoms with Gasteiger partial charge in [-0.1, -0.05) is 222 Å². The molecule has 0 radical (unpaired) electrons. The largest absolute Gasteiger partial charge is 0.394 e. The van der Waals surface area contributed by atoms with E-state index in [1.54, 1.807) is 6.08 Å². The summed E-state index contributed by atoms with van der Waals surface area (Å²) in [6, 6.07) is -0.806. The van der Waals surface area contributed by atoms with Gasteiger partial charge in [-0.15, -0.1) is 0 Å². The maximum atomic E-state index is 13.0. The third-order valence-corrected chi connectivity index (χ3v) is 12.3. The van der Waals surface area contributed by atoms with Crippen LogP contribution in [0.15, 0.2) is 60.8 Å². The first-order valence-electron chi connectivity index (χ1n) is 26.5. The van der Waals surface area contributed by atoms with E-state index in [4.69, 9.17) is 9.47 Å². The Balaban J connectivity index is 2.22. The number of hydrogen-bond donors (Lipinski definition) is 6. The molecule has 0 aliphatic carbocycles. The predicted octanol–water partition coefficient (Wildman–Crippen LogP) is 12.3. The van der Waals surface area contributed by atoms with Crippen molar-refractivity contribution in [3.05, 3.63) is 60.8 Å². The van der Waals surface area contributed by atoms with Gasteiger partial charge in [0.2, 0.25) is 5.91 Å². The molecular weight excluding hydrogens is 803 g/mol. The molecule has 64 heavy (non-hydrogen) atoms. The van der Waals surface area contributed by atoms with Crippen molar-refractivity contribution < 1.29 is 39.8 Å². The minimum Gasteiger partial charge on any atom is -0.394 e. The number of rotatable bonds is 44. The first-order chi connectivity index (χ1) is 31.3. The average molecular weight is 902 g/mol. The fourth-order valence-electron chi connectivity index (χ4n) is 8.15. The third-order valence-electron chi connectivity index (χ3n) is 12.3. The van der Waals surface area contributed by atoms with Crippen LogP contribution in [0.25, 0.3) is 0 Å². The number of aliphatic hydroxyl groups excluding tert-OH is 5. The van der Waals surface area contributed by atoms with Crippen molar-refractivity contribution >= 4 is 5.91 Å². The van der Waals surface area contributed by atoms with Crippen molar-refractivity contribution in [1.82, 2.24) is 5.32 Å². The molecule has 6 N–H and O–H groups in total. The second kappa shape index (κ2) is 44.7. The summed E-state index contributed by atoms with van der Waals surface area (Å²) in [5, 5.41) is 54.3. The number of amides is 1. The molecule has 0 bridgehead atoms. The van der Waals surface area contributed by atoms with Crippen molar-refractivity contribution in [3.8, 4) is 0 Å².